The van der Waals surface area contributed by atoms with Crippen LogP contribution in [0.5, 0.6) is 0 Å². The average molecular weight is 284 g/mol. The minimum absolute atomic E-state index is 0.132. The summed E-state index contributed by atoms with van der Waals surface area (Å²) in [6.07, 6.45) is 12.3. The van der Waals surface area contributed by atoms with Crippen LogP contribution in [0, 0.1) is 0 Å². The Morgan fingerprint density at radius 3 is 2.30 bits per heavy atom. The molecule has 0 radical (unpaired) electrons. The van der Waals surface area contributed by atoms with Crippen LogP contribution in [0.15, 0.2) is 12.2 Å². The second-order valence-corrected chi connectivity index (χ2v) is 4.90. The predicted octanol–water partition coefficient (Wildman–Crippen LogP) is 4.09. The second-order valence-electron chi connectivity index (χ2n) is 4.90. The molecule has 0 aromatic carbocycles. The molecule has 0 fully saturated rings. The summed E-state index contributed by atoms with van der Waals surface area (Å²) in [5, 5.41) is 8.47. The highest BCUT2D eigenvalue weighted by Crippen LogP contribution is 2.06. The monoisotopic (exact) mass is 284 g/mol. The standard InChI is InChI=1S/C16H28O4/c1-2-3-4-5-8-11-14-20-16(19)13-10-7-6-9-12-15(17)18/h3-4H,2,5-14H2,1H3,(H,17,18). The number of aliphatic carboxylic acids is 1. The smallest absolute Gasteiger partial charge is 0.305 e. The molecule has 0 atom stereocenters. The summed E-state index contributed by atoms with van der Waals surface area (Å²) in [5.41, 5.74) is 0. The van der Waals surface area contributed by atoms with Gasteiger partial charge in [-0.05, 0) is 38.5 Å². The number of ether oxygens (including phenoxy) is 1. The molecule has 0 unspecified atom stereocenters. The molecular formula is C16H28O4. The zero-order valence-electron chi connectivity index (χ0n) is 12.6. The van der Waals surface area contributed by atoms with Gasteiger partial charge in [0.05, 0.1) is 6.61 Å². The Hall–Kier alpha value is -1.32. The zero-order valence-corrected chi connectivity index (χ0v) is 12.6. The molecule has 0 aliphatic heterocycles. The van der Waals surface area contributed by atoms with Crippen molar-refractivity contribution in [3.05, 3.63) is 12.2 Å². The van der Waals surface area contributed by atoms with Crippen molar-refractivity contribution in [2.75, 3.05) is 6.61 Å². The van der Waals surface area contributed by atoms with Gasteiger partial charge in [-0.3, -0.25) is 9.59 Å². The highest BCUT2D eigenvalue weighted by atomic mass is 16.5. The maximum absolute atomic E-state index is 11.4. The predicted molar refractivity (Wildman–Crippen MR) is 79.6 cm³/mol. The van der Waals surface area contributed by atoms with Crippen LogP contribution in [0.25, 0.3) is 0 Å². The second kappa shape index (κ2) is 14.1. The first-order valence-electron chi connectivity index (χ1n) is 7.69. The summed E-state index contributed by atoms with van der Waals surface area (Å²) in [5.74, 6) is -0.884. The highest BCUT2D eigenvalue weighted by Gasteiger charge is 2.02. The lowest BCUT2D eigenvalue weighted by atomic mass is 10.1. The van der Waals surface area contributed by atoms with Gasteiger partial charge in [0.2, 0.25) is 0 Å². The van der Waals surface area contributed by atoms with Crippen molar-refractivity contribution in [2.24, 2.45) is 0 Å². The minimum atomic E-state index is -0.752. The molecule has 1 N–H and O–H groups in total. The third-order valence-corrected chi connectivity index (χ3v) is 2.95. The Bertz CT molecular complexity index is 284. The van der Waals surface area contributed by atoms with Gasteiger partial charge in [-0.25, -0.2) is 0 Å². The molecule has 0 bridgehead atoms. The van der Waals surface area contributed by atoms with Gasteiger partial charge in [0.1, 0.15) is 0 Å². The van der Waals surface area contributed by atoms with Gasteiger partial charge in [0, 0.05) is 12.8 Å². The Labute approximate surface area is 122 Å². The SMILES string of the molecule is CCC=CCCCCOC(=O)CCCCCCC(=O)O. The molecule has 0 aliphatic carbocycles. The number of carboxylic acids is 1. The number of allylic oxidation sites excluding steroid dienone is 2. The third kappa shape index (κ3) is 14.7. The first-order valence-corrected chi connectivity index (χ1v) is 7.69. The Balaban J connectivity index is 3.24. The van der Waals surface area contributed by atoms with E-state index in [2.05, 4.69) is 19.1 Å². The van der Waals surface area contributed by atoms with Crippen LogP contribution >= 0.6 is 0 Å². The quantitative estimate of drug-likeness (QED) is 0.314. The summed E-state index contributed by atoms with van der Waals surface area (Å²) in [6.45, 7) is 2.62. The van der Waals surface area contributed by atoms with E-state index < -0.39 is 5.97 Å². The Morgan fingerprint density at radius 1 is 0.950 bits per heavy atom. The van der Waals surface area contributed by atoms with E-state index in [1.807, 2.05) is 0 Å². The van der Waals surface area contributed by atoms with Gasteiger partial charge in [0.15, 0.2) is 0 Å². The molecule has 0 saturated heterocycles. The molecule has 4 nitrogen and oxygen atoms in total. The molecule has 0 aromatic rings. The fourth-order valence-corrected chi connectivity index (χ4v) is 1.81. The van der Waals surface area contributed by atoms with E-state index in [0.717, 1.165) is 44.9 Å². The highest BCUT2D eigenvalue weighted by molar-refractivity contribution is 5.69. The topological polar surface area (TPSA) is 63.6 Å². The van der Waals surface area contributed by atoms with Crippen LogP contribution in [0.1, 0.15) is 71.1 Å². The summed E-state index contributed by atoms with van der Waals surface area (Å²) in [7, 11) is 0. The van der Waals surface area contributed by atoms with E-state index in [0.29, 0.717) is 19.4 Å². The van der Waals surface area contributed by atoms with Crippen molar-refractivity contribution in [3.63, 3.8) is 0 Å². The number of hydrogen-bond acceptors (Lipinski definition) is 3. The summed E-state index contributed by atoms with van der Waals surface area (Å²) < 4.78 is 5.14. The molecule has 0 heterocycles. The van der Waals surface area contributed by atoms with E-state index in [4.69, 9.17) is 9.84 Å². The van der Waals surface area contributed by atoms with Crippen LogP contribution in [-0.4, -0.2) is 23.7 Å². The van der Waals surface area contributed by atoms with E-state index in [1.165, 1.54) is 0 Å². The molecule has 0 aromatic heterocycles. The first kappa shape index (κ1) is 18.7. The van der Waals surface area contributed by atoms with Crippen LogP contribution < -0.4 is 0 Å². The summed E-state index contributed by atoms with van der Waals surface area (Å²) >= 11 is 0. The van der Waals surface area contributed by atoms with Gasteiger partial charge in [-0.2, -0.15) is 0 Å². The van der Waals surface area contributed by atoms with E-state index in [-0.39, 0.29) is 12.4 Å². The number of carbonyl (C=O) groups excluding carboxylic acids is 1. The van der Waals surface area contributed by atoms with Gasteiger partial charge < -0.3 is 9.84 Å². The lowest BCUT2D eigenvalue weighted by Gasteiger charge is -2.04. The molecule has 20 heavy (non-hydrogen) atoms. The van der Waals surface area contributed by atoms with Crippen molar-refractivity contribution >= 4 is 11.9 Å². The molecular weight excluding hydrogens is 256 g/mol. The van der Waals surface area contributed by atoms with Crippen molar-refractivity contribution in [3.8, 4) is 0 Å². The minimum Gasteiger partial charge on any atom is -0.481 e. The van der Waals surface area contributed by atoms with Crippen LogP contribution in [0.3, 0.4) is 0 Å². The number of hydrogen-bond donors (Lipinski definition) is 1. The molecule has 0 aliphatic rings. The van der Waals surface area contributed by atoms with Crippen molar-refractivity contribution in [1.29, 1.82) is 0 Å². The van der Waals surface area contributed by atoms with Gasteiger partial charge >= 0.3 is 11.9 Å². The Kier molecular flexibility index (Phi) is 13.2. The molecule has 4 heteroatoms. The molecule has 0 amide bonds. The zero-order chi connectivity index (χ0) is 15.1. The largest absolute Gasteiger partial charge is 0.481 e. The molecule has 0 saturated carbocycles. The van der Waals surface area contributed by atoms with Gasteiger partial charge in [0.25, 0.3) is 0 Å². The molecule has 116 valence electrons. The third-order valence-electron chi connectivity index (χ3n) is 2.95. The van der Waals surface area contributed by atoms with Crippen LogP contribution in [0.4, 0.5) is 0 Å². The molecule has 0 rings (SSSR count). The number of carboxylic acid groups (broad SMARTS) is 1. The number of esters is 1. The van der Waals surface area contributed by atoms with Gasteiger partial charge in [-0.1, -0.05) is 31.9 Å². The summed E-state index contributed by atoms with van der Waals surface area (Å²) in [4.78, 5) is 21.7. The van der Waals surface area contributed by atoms with E-state index in [1.54, 1.807) is 0 Å². The number of unbranched alkanes of at least 4 members (excludes halogenated alkanes) is 5. The van der Waals surface area contributed by atoms with E-state index >= 15 is 0 Å². The Morgan fingerprint density at radius 2 is 1.65 bits per heavy atom. The summed E-state index contributed by atoms with van der Waals surface area (Å²) in [6, 6.07) is 0. The molecule has 0 spiro atoms. The normalized spacial score (nSPS) is 10.8. The maximum atomic E-state index is 11.4. The first-order chi connectivity index (χ1) is 9.66. The van der Waals surface area contributed by atoms with Crippen molar-refractivity contribution in [2.45, 2.75) is 71.1 Å². The lowest BCUT2D eigenvalue weighted by Crippen LogP contribution is -2.05. The average Bonchev–Trinajstić information content (AvgIpc) is 2.41. The fraction of sp³-hybridized carbons (Fsp3) is 0.750. The van der Waals surface area contributed by atoms with E-state index in [9.17, 15) is 9.59 Å². The van der Waals surface area contributed by atoms with Crippen molar-refractivity contribution < 1.29 is 19.4 Å². The van der Waals surface area contributed by atoms with Crippen LogP contribution in [0.2, 0.25) is 0 Å². The lowest BCUT2D eigenvalue weighted by molar-refractivity contribution is -0.144. The number of rotatable bonds is 13. The van der Waals surface area contributed by atoms with Crippen LogP contribution in [-0.2, 0) is 14.3 Å². The number of carbonyl (C=O) groups is 2. The fourth-order valence-electron chi connectivity index (χ4n) is 1.81. The van der Waals surface area contributed by atoms with Crippen molar-refractivity contribution in [1.82, 2.24) is 0 Å². The maximum Gasteiger partial charge on any atom is 0.305 e. The van der Waals surface area contributed by atoms with Gasteiger partial charge in [-0.15, -0.1) is 0 Å².